The highest BCUT2D eigenvalue weighted by molar-refractivity contribution is 5.96. The molecule has 20 heavy (non-hydrogen) atoms. The molecule has 1 fully saturated rings. The number of pyridine rings is 1. The van der Waals surface area contributed by atoms with Crippen molar-refractivity contribution in [3.63, 3.8) is 0 Å². The molecule has 2 aliphatic carbocycles. The lowest BCUT2D eigenvalue weighted by Crippen LogP contribution is -2.52. The first kappa shape index (κ1) is 13.1. The molecule has 4 unspecified atom stereocenters. The Morgan fingerprint density at radius 1 is 1.45 bits per heavy atom. The number of carbonyl (C=O) groups is 1. The number of carbonyl (C=O) groups excluding carboxylic acids is 1. The summed E-state index contributed by atoms with van der Waals surface area (Å²) < 4.78 is 5.17. The highest BCUT2D eigenvalue weighted by Gasteiger charge is 2.60. The molecule has 1 saturated carbocycles. The van der Waals surface area contributed by atoms with Crippen molar-refractivity contribution < 1.29 is 9.53 Å². The summed E-state index contributed by atoms with van der Waals surface area (Å²) in [5.41, 5.74) is 0.653. The molecule has 0 amide bonds. The van der Waals surface area contributed by atoms with Crippen LogP contribution in [0.2, 0.25) is 0 Å². The van der Waals surface area contributed by atoms with Crippen LogP contribution in [0.5, 0.6) is 5.88 Å². The topological polar surface area (TPSA) is 43.5 Å². The van der Waals surface area contributed by atoms with Crippen LogP contribution in [0.4, 0.5) is 0 Å². The third-order valence-corrected chi connectivity index (χ3v) is 5.10. The average molecular weight is 270 g/mol. The molecule has 4 atom stereocenters. The molecule has 104 valence electrons. The number of methoxy groups -OCH3 is 1. The van der Waals surface area contributed by atoms with Gasteiger partial charge in [-0.05, 0) is 17.9 Å². The summed E-state index contributed by atoms with van der Waals surface area (Å²) in [5, 5.41) is 0. The van der Waals surface area contributed by atoms with E-state index in [2.05, 4.69) is 23.7 Å². The molecule has 3 rings (SSSR count). The van der Waals surface area contributed by atoms with Gasteiger partial charge in [-0.25, -0.2) is 11.6 Å². The van der Waals surface area contributed by atoms with Gasteiger partial charge in [-0.2, -0.15) is 0 Å². The van der Waals surface area contributed by atoms with Gasteiger partial charge in [0.05, 0.1) is 18.4 Å². The van der Waals surface area contributed by atoms with Crippen molar-refractivity contribution in [2.45, 2.75) is 32.2 Å². The first-order valence-corrected chi connectivity index (χ1v) is 7.01. The van der Waals surface area contributed by atoms with Crippen LogP contribution in [0, 0.1) is 24.3 Å². The van der Waals surface area contributed by atoms with Gasteiger partial charge in [-0.3, -0.25) is 9.64 Å². The molecular formula is C16H18N2O2. The minimum absolute atomic E-state index is 0.0834. The molecule has 0 spiro atoms. The number of rotatable bonds is 1. The lowest BCUT2D eigenvalue weighted by molar-refractivity contribution is -0.134. The van der Waals surface area contributed by atoms with Gasteiger partial charge in [0.15, 0.2) is 0 Å². The molecule has 0 saturated heterocycles. The zero-order valence-corrected chi connectivity index (χ0v) is 12.0. The van der Waals surface area contributed by atoms with Gasteiger partial charge in [-0.1, -0.05) is 13.8 Å². The summed E-state index contributed by atoms with van der Waals surface area (Å²) in [6.45, 7) is 11.9. The standard InChI is InChI=1S/C16H18N2O2/c1-9-8-16(17-3)12-5-6-14(20-4)18-13(12)7-11(10(9)2)15(16)19/h5-6,9-11H,7-8H2,1-2,4H3. The largest absolute Gasteiger partial charge is 0.481 e. The number of fused-ring (bicyclic) bond motifs is 4. The summed E-state index contributed by atoms with van der Waals surface area (Å²) in [6.07, 6.45) is 1.24. The van der Waals surface area contributed by atoms with E-state index in [4.69, 9.17) is 11.3 Å². The molecular weight excluding hydrogens is 252 g/mol. The Balaban J connectivity index is 2.21. The van der Waals surface area contributed by atoms with E-state index in [0.29, 0.717) is 30.6 Å². The quantitative estimate of drug-likeness (QED) is 0.737. The zero-order chi connectivity index (χ0) is 14.5. The SMILES string of the molecule is [C-]#[N+]C12CC(C)C(C)C(Cc3nc(OC)ccc31)C2=O. The lowest BCUT2D eigenvalue weighted by Gasteiger charge is -2.42. The first-order chi connectivity index (χ1) is 9.53. The van der Waals surface area contributed by atoms with Crippen LogP contribution in [0.3, 0.4) is 0 Å². The van der Waals surface area contributed by atoms with Crippen LogP contribution in [0.1, 0.15) is 31.5 Å². The van der Waals surface area contributed by atoms with Crippen LogP contribution in [-0.2, 0) is 16.8 Å². The number of ether oxygens (including phenoxy) is 1. The Labute approximate surface area is 119 Å². The van der Waals surface area contributed by atoms with Crippen LogP contribution in [0.15, 0.2) is 12.1 Å². The van der Waals surface area contributed by atoms with Gasteiger partial charge in [0.1, 0.15) is 0 Å². The molecule has 4 heteroatoms. The van der Waals surface area contributed by atoms with Crippen molar-refractivity contribution in [1.82, 2.24) is 4.98 Å². The second kappa shape index (κ2) is 4.31. The molecule has 1 heterocycles. The van der Waals surface area contributed by atoms with Crippen LogP contribution >= 0.6 is 0 Å². The van der Waals surface area contributed by atoms with Crippen molar-refractivity contribution in [3.05, 3.63) is 34.8 Å². The molecule has 2 aliphatic rings. The van der Waals surface area contributed by atoms with Gasteiger partial charge in [0, 0.05) is 24.8 Å². The molecule has 1 aromatic rings. The highest BCUT2D eigenvalue weighted by Crippen LogP contribution is 2.51. The fraction of sp³-hybridized carbons (Fsp3) is 0.562. The lowest BCUT2D eigenvalue weighted by atomic mass is 9.58. The van der Waals surface area contributed by atoms with E-state index in [9.17, 15) is 4.79 Å². The Morgan fingerprint density at radius 3 is 2.85 bits per heavy atom. The molecule has 0 N–H and O–H groups in total. The van der Waals surface area contributed by atoms with Gasteiger partial charge in [-0.15, -0.1) is 0 Å². The van der Waals surface area contributed by atoms with Crippen LogP contribution in [0.25, 0.3) is 4.85 Å². The van der Waals surface area contributed by atoms with E-state index in [1.54, 1.807) is 13.2 Å². The predicted molar refractivity (Wildman–Crippen MR) is 74.2 cm³/mol. The summed E-state index contributed by atoms with van der Waals surface area (Å²) in [6, 6.07) is 3.61. The number of aromatic nitrogens is 1. The van der Waals surface area contributed by atoms with Gasteiger partial charge >= 0.3 is 5.54 Å². The molecule has 1 aromatic heterocycles. The maximum atomic E-state index is 12.8. The minimum Gasteiger partial charge on any atom is -0.481 e. The number of hydrogen-bond donors (Lipinski definition) is 0. The van der Waals surface area contributed by atoms with Gasteiger partial charge < -0.3 is 4.74 Å². The summed E-state index contributed by atoms with van der Waals surface area (Å²) in [4.78, 5) is 21.0. The van der Waals surface area contributed by atoms with E-state index in [-0.39, 0.29) is 11.7 Å². The van der Waals surface area contributed by atoms with E-state index >= 15 is 0 Å². The van der Waals surface area contributed by atoms with Crippen LogP contribution in [-0.4, -0.2) is 17.9 Å². The molecule has 0 radical (unpaired) electrons. The number of nitrogens with zero attached hydrogens (tertiary/aromatic N) is 2. The van der Waals surface area contributed by atoms with Crippen molar-refractivity contribution in [3.8, 4) is 5.88 Å². The molecule has 2 bridgehead atoms. The minimum atomic E-state index is -1.01. The fourth-order valence-corrected chi connectivity index (χ4v) is 3.71. The van der Waals surface area contributed by atoms with Gasteiger partial charge in [0.25, 0.3) is 0 Å². The molecule has 0 aliphatic heterocycles. The number of Topliss-reactive ketones (excluding diaryl/α,β-unsaturated/α-hetero) is 1. The smallest absolute Gasteiger partial charge is 0.316 e. The van der Waals surface area contributed by atoms with Crippen molar-refractivity contribution >= 4 is 5.78 Å². The summed E-state index contributed by atoms with van der Waals surface area (Å²) >= 11 is 0. The van der Waals surface area contributed by atoms with Crippen molar-refractivity contribution in [2.24, 2.45) is 17.8 Å². The van der Waals surface area contributed by atoms with Gasteiger partial charge in [0.2, 0.25) is 11.7 Å². The maximum Gasteiger partial charge on any atom is 0.316 e. The third-order valence-electron chi connectivity index (χ3n) is 5.10. The number of ketones is 1. The first-order valence-electron chi connectivity index (χ1n) is 7.01. The Bertz CT molecular complexity index is 619. The Kier molecular flexibility index (Phi) is 2.82. The van der Waals surface area contributed by atoms with Crippen LogP contribution < -0.4 is 4.74 Å². The van der Waals surface area contributed by atoms with E-state index in [0.717, 1.165) is 11.3 Å². The average Bonchev–Trinajstić information content (AvgIpc) is 2.46. The fourth-order valence-electron chi connectivity index (χ4n) is 3.71. The summed E-state index contributed by atoms with van der Waals surface area (Å²) in [7, 11) is 1.58. The normalized spacial score (nSPS) is 35.1. The van der Waals surface area contributed by atoms with E-state index < -0.39 is 5.54 Å². The third kappa shape index (κ3) is 1.53. The highest BCUT2D eigenvalue weighted by atomic mass is 16.5. The molecule has 4 nitrogen and oxygen atoms in total. The van der Waals surface area contributed by atoms with E-state index in [1.165, 1.54) is 0 Å². The predicted octanol–water partition coefficient (Wildman–Crippen LogP) is 2.62. The Morgan fingerprint density at radius 2 is 2.20 bits per heavy atom. The van der Waals surface area contributed by atoms with Crippen molar-refractivity contribution in [1.29, 1.82) is 0 Å². The Hall–Kier alpha value is -1.89. The van der Waals surface area contributed by atoms with E-state index in [1.807, 2.05) is 6.07 Å². The second-order valence-corrected chi connectivity index (χ2v) is 6.04. The maximum absolute atomic E-state index is 12.8. The zero-order valence-electron chi connectivity index (χ0n) is 12.0. The van der Waals surface area contributed by atoms with Crippen molar-refractivity contribution in [2.75, 3.05) is 7.11 Å². The second-order valence-electron chi connectivity index (χ2n) is 6.04. The molecule has 0 aromatic carbocycles. The summed E-state index contributed by atoms with van der Waals surface area (Å²) in [5.74, 6) is 1.25. The number of hydrogen-bond acceptors (Lipinski definition) is 3. The monoisotopic (exact) mass is 270 g/mol.